The molecule has 4 nitrogen and oxygen atoms in total. The van der Waals surface area contributed by atoms with Gasteiger partial charge in [-0.25, -0.2) is 15.0 Å². The van der Waals surface area contributed by atoms with Crippen LogP contribution in [0.3, 0.4) is 0 Å². The van der Waals surface area contributed by atoms with Gasteiger partial charge < -0.3 is 0 Å². The Labute approximate surface area is 182 Å². The molecule has 0 atom stereocenters. The third-order valence-electron chi connectivity index (χ3n) is 5.27. The molecule has 146 valence electrons. The Morgan fingerprint density at radius 3 is 2.32 bits per heavy atom. The van der Waals surface area contributed by atoms with E-state index in [2.05, 4.69) is 58.5 Å². The Morgan fingerprint density at radius 2 is 1.45 bits per heavy atom. The van der Waals surface area contributed by atoms with Crippen molar-refractivity contribution in [2.75, 3.05) is 0 Å². The quantitative estimate of drug-likeness (QED) is 0.325. The Kier molecular flexibility index (Phi) is 4.25. The van der Waals surface area contributed by atoms with Gasteiger partial charge in [-0.15, -0.1) is 11.3 Å². The molecule has 4 aromatic heterocycles. The molecule has 0 saturated heterocycles. The second-order valence-electron chi connectivity index (χ2n) is 7.16. The Balaban J connectivity index is 1.70. The molecule has 0 aliphatic carbocycles. The van der Waals surface area contributed by atoms with Gasteiger partial charge in [-0.3, -0.25) is 4.98 Å². The highest BCUT2D eigenvalue weighted by atomic mass is 32.1. The number of aromatic nitrogens is 4. The number of thiophene rings is 1. The highest BCUT2D eigenvalue weighted by Gasteiger charge is 2.21. The van der Waals surface area contributed by atoms with Crippen LogP contribution in [0.1, 0.15) is 0 Å². The summed E-state index contributed by atoms with van der Waals surface area (Å²) in [6.45, 7) is 0. The third kappa shape index (κ3) is 3.07. The number of hydrogen-bond acceptors (Lipinski definition) is 5. The zero-order valence-corrected chi connectivity index (χ0v) is 17.3. The summed E-state index contributed by atoms with van der Waals surface area (Å²) in [5.74, 6) is 0.709. The lowest BCUT2D eigenvalue weighted by atomic mass is 10.00. The van der Waals surface area contributed by atoms with Gasteiger partial charge in [-0.2, -0.15) is 0 Å². The van der Waals surface area contributed by atoms with E-state index in [0.717, 1.165) is 48.4 Å². The standard InChI is InChI=1S/C26H16N4S/c1-2-9-19-17(7-1)12-13-21(30-19)25-24(20-10-3-4-14-27-20)23-18(8-5-11-22(23)31-25)26-28-15-6-16-29-26/h1-16H. The molecule has 0 saturated carbocycles. The Hall–Kier alpha value is -3.96. The second kappa shape index (κ2) is 7.38. The van der Waals surface area contributed by atoms with Crippen molar-refractivity contribution in [3.05, 3.63) is 97.5 Å². The molecule has 6 aromatic rings. The largest absolute Gasteiger partial charge is 0.256 e. The lowest BCUT2D eigenvalue weighted by molar-refractivity contribution is 1.18. The molecule has 0 N–H and O–H groups in total. The van der Waals surface area contributed by atoms with Gasteiger partial charge in [0.15, 0.2) is 5.82 Å². The first-order valence-corrected chi connectivity index (χ1v) is 10.8. The van der Waals surface area contributed by atoms with Crippen LogP contribution >= 0.6 is 11.3 Å². The molecule has 0 amide bonds. The Bertz CT molecular complexity index is 1530. The zero-order chi connectivity index (χ0) is 20.6. The fourth-order valence-electron chi connectivity index (χ4n) is 3.90. The fourth-order valence-corrected chi connectivity index (χ4v) is 5.11. The van der Waals surface area contributed by atoms with Crippen LogP contribution in [0.15, 0.2) is 97.5 Å². The normalized spacial score (nSPS) is 11.2. The Morgan fingerprint density at radius 1 is 0.613 bits per heavy atom. The average Bonchev–Trinajstić information content (AvgIpc) is 3.25. The van der Waals surface area contributed by atoms with E-state index in [1.807, 2.05) is 36.5 Å². The topological polar surface area (TPSA) is 51.6 Å². The summed E-state index contributed by atoms with van der Waals surface area (Å²) < 4.78 is 1.16. The van der Waals surface area contributed by atoms with Crippen LogP contribution in [0.4, 0.5) is 0 Å². The first-order chi connectivity index (χ1) is 15.4. The number of rotatable bonds is 3. The van der Waals surface area contributed by atoms with Gasteiger partial charge in [0.1, 0.15) is 0 Å². The summed E-state index contributed by atoms with van der Waals surface area (Å²) in [7, 11) is 0. The number of fused-ring (bicyclic) bond motifs is 2. The molecule has 4 heterocycles. The minimum atomic E-state index is 0.709. The van der Waals surface area contributed by atoms with Crippen molar-refractivity contribution in [2.24, 2.45) is 0 Å². The molecule has 0 radical (unpaired) electrons. The van der Waals surface area contributed by atoms with E-state index in [4.69, 9.17) is 9.97 Å². The van der Waals surface area contributed by atoms with Gasteiger partial charge in [0.2, 0.25) is 0 Å². The number of nitrogens with zero attached hydrogens (tertiary/aromatic N) is 4. The first kappa shape index (κ1) is 17.9. The van der Waals surface area contributed by atoms with Crippen LogP contribution in [-0.2, 0) is 0 Å². The van der Waals surface area contributed by atoms with Gasteiger partial charge in [-0.05, 0) is 36.4 Å². The minimum Gasteiger partial charge on any atom is -0.256 e. The number of pyridine rings is 2. The van der Waals surface area contributed by atoms with Gasteiger partial charge in [0.25, 0.3) is 0 Å². The monoisotopic (exact) mass is 416 g/mol. The summed E-state index contributed by atoms with van der Waals surface area (Å²) in [6.07, 6.45) is 5.39. The predicted octanol–water partition coefficient (Wildman–Crippen LogP) is 6.64. The summed E-state index contributed by atoms with van der Waals surface area (Å²) in [4.78, 5) is 19.8. The van der Waals surface area contributed by atoms with Crippen LogP contribution in [0.2, 0.25) is 0 Å². The summed E-state index contributed by atoms with van der Waals surface area (Å²) in [6, 6.07) is 26.5. The molecule has 0 spiro atoms. The maximum atomic E-state index is 4.98. The van der Waals surface area contributed by atoms with Crippen LogP contribution in [0.25, 0.3) is 54.2 Å². The summed E-state index contributed by atoms with van der Waals surface area (Å²) in [5.41, 5.74) is 4.92. The molecule has 31 heavy (non-hydrogen) atoms. The minimum absolute atomic E-state index is 0.709. The number of benzene rings is 2. The smallest absolute Gasteiger partial charge is 0.159 e. The molecule has 0 aliphatic heterocycles. The molecule has 6 rings (SSSR count). The highest BCUT2D eigenvalue weighted by molar-refractivity contribution is 7.23. The molecule has 2 aromatic carbocycles. The molecule has 0 unspecified atom stereocenters. The zero-order valence-electron chi connectivity index (χ0n) is 16.4. The summed E-state index contributed by atoms with van der Waals surface area (Å²) >= 11 is 1.73. The summed E-state index contributed by atoms with van der Waals surface area (Å²) in [5, 5.41) is 2.24. The van der Waals surface area contributed by atoms with Crippen LogP contribution in [0, 0.1) is 0 Å². The first-order valence-electron chi connectivity index (χ1n) is 9.99. The molecule has 0 fully saturated rings. The molecule has 0 bridgehead atoms. The van der Waals surface area contributed by atoms with Gasteiger partial charge >= 0.3 is 0 Å². The van der Waals surface area contributed by atoms with E-state index in [1.165, 1.54) is 0 Å². The lowest BCUT2D eigenvalue weighted by Crippen LogP contribution is -1.91. The predicted molar refractivity (Wildman–Crippen MR) is 127 cm³/mol. The lowest BCUT2D eigenvalue weighted by Gasteiger charge is -2.08. The van der Waals surface area contributed by atoms with Crippen molar-refractivity contribution in [3.63, 3.8) is 0 Å². The van der Waals surface area contributed by atoms with E-state index < -0.39 is 0 Å². The van der Waals surface area contributed by atoms with E-state index >= 15 is 0 Å². The average molecular weight is 417 g/mol. The fraction of sp³-hybridized carbons (Fsp3) is 0. The SMILES string of the molecule is c1ccc(-c2c(-c3ccc4ccccc4n3)sc3cccc(-c4ncccn4)c23)nc1. The molecular formula is C26H16N4S. The van der Waals surface area contributed by atoms with E-state index in [0.29, 0.717) is 5.82 Å². The number of hydrogen-bond donors (Lipinski definition) is 0. The van der Waals surface area contributed by atoms with Crippen molar-refractivity contribution in [1.82, 2.24) is 19.9 Å². The maximum Gasteiger partial charge on any atom is 0.159 e. The molecule has 5 heteroatoms. The van der Waals surface area contributed by atoms with Crippen LogP contribution in [-0.4, -0.2) is 19.9 Å². The van der Waals surface area contributed by atoms with Crippen LogP contribution in [0.5, 0.6) is 0 Å². The van der Waals surface area contributed by atoms with E-state index in [9.17, 15) is 0 Å². The van der Waals surface area contributed by atoms with Crippen LogP contribution < -0.4 is 0 Å². The van der Waals surface area contributed by atoms with Crippen molar-refractivity contribution in [1.29, 1.82) is 0 Å². The van der Waals surface area contributed by atoms with Gasteiger partial charge in [-0.1, -0.05) is 42.5 Å². The number of para-hydroxylation sites is 1. The van der Waals surface area contributed by atoms with Crippen molar-refractivity contribution in [3.8, 4) is 33.2 Å². The van der Waals surface area contributed by atoms with Crippen molar-refractivity contribution < 1.29 is 0 Å². The van der Waals surface area contributed by atoms with E-state index in [-0.39, 0.29) is 0 Å². The van der Waals surface area contributed by atoms with Crippen molar-refractivity contribution >= 4 is 32.3 Å². The third-order valence-corrected chi connectivity index (χ3v) is 6.45. The molecular weight excluding hydrogens is 400 g/mol. The highest BCUT2D eigenvalue weighted by Crippen LogP contribution is 2.46. The second-order valence-corrected chi connectivity index (χ2v) is 8.21. The maximum absolute atomic E-state index is 4.98. The van der Waals surface area contributed by atoms with Gasteiger partial charge in [0, 0.05) is 45.2 Å². The van der Waals surface area contributed by atoms with Crippen molar-refractivity contribution in [2.45, 2.75) is 0 Å². The van der Waals surface area contributed by atoms with E-state index in [1.54, 1.807) is 23.7 Å². The molecule has 0 aliphatic rings. The van der Waals surface area contributed by atoms with Gasteiger partial charge in [0.05, 0.1) is 21.8 Å².